The van der Waals surface area contributed by atoms with Crippen molar-refractivity contribution in [3.05, 3.63) is 75.2 Å². The van der Waals surface area contributed by atoms with Gasteiger partial charge in [0.25, 0.3) is 5.56 Å². The maximum atomic E-state index is 12.4. The molecule has 0 amide bonds. The van der Waals surface area contributed by atoms with E-state index in [0.29, 0.717) is 22.6 Å². The Balaban J connectivity index is 1.79. The van der Waals surface area contributed by atoms with E-state index in [-0.39, 0.29) is 5.56 Å². The fourth-order valence-electron chi connectivity index (χ4n) is 2.60. The molecule has 4 rings (SSSR count). The minimum Gasteiger partial charge on any atom is -0.303 e. The van der Waals surface area contributed by atoms with E-state index in [2.05, 4.69) is 35.9 Å². The van der Waals surface area contributed by atoms with Crippen LogP contribution in [-0.2, 0) is 0 Å². The molecule has 2 aromatic carbocycles. The third kappa shape index (κ3) is 2.96. The lowest BCUT2D eigenvalue weighted by Gasteiger charge is -2.05. The Morgan fingerprint density at radius 3 is 2.44 bits per heavy atom. The van der Waals surface area contributed by atoms with Crippen LogP contribution >= 0.6 is 15.9 Å². The van der Waals surface area contributed by atoms with E-state index >= 15 is 0 Å². The molecule has 0 unspecified atom stereocenters. The first-order chi connectivity index (χ1) is 12.1. The van der Waals surface area contributed by atoms with Crippen LogP contribution in [0, 0.1) is 6.92 Å². The number of hydrogen-bond donors (Lipinski definition) is 1. The molecule has 122 valence electrons. The van der Waals surface area contributed by atoms with Gasteiger partial charge in [-0.3, -0.25) is 4.79 Å². The Kier molecular flexibility index (Phi) is 3.89. The highest BCUT2D eigenvalue weighted by atomic mass is 79.9. The zero-order chi connectivity index (χ0) is 17.4. The summed E-state index contributed by atoms with van der Waals surface area (Å²) in [6.45, 7) is 1.96. The summed E-state index contributed by atoms with van der Waals surface area (Å²) < 4.78 is 0.878. The predicted molar refractivity (Wildman–Crippen MR) is 101 cm³/mol. The van der Waals surface area contributed by atoms with Crippen LogP contribution in [0.2, 0.25) is 0 Å². The standard InChI is InChI=1S/C19H13BrN4O/c1-11-7-16-14(8-15(11)20)19(25)24-18(23-16)17-21-9-13(10-22-17)12-5-3-2-4-6-12/h2-10H,1H3,(H,23,24,25). The Bertz CT molecular complexity index is 1120. The first-order valence-corrected chi connectivity index (χ1v) is 8.49. The number of aryl methyl sites for hydroxylation is 1. The van der Waals surface area contributed by atoms with E-state index in [1.807, 2.05) is 43.3 Å². The van der Waals surface area contributed by atoms with Crippen LogP contribution in [-0.4, -0.2) is 19.9 Å². The van der Waals surface area contributed by atoms with Gasteiger partial charge in [-0.05, 0) is 30.2 Å². The fourth-order valence-corrected chi connectivity index (χ4v) is 2.94. The first kappa shape index (κ1) is 15.7. The molecule has 5 nitrogen and oxygen atoms in total. The van der Waals surface area contributed by atoms with E-state index in [1.165, 1.54) is 0 Å². The van der Waals surface area contributed by atoms with Crippen LogP contribution < -0.4 is 5.56 Å². The third-order valence-electron chi connectivity index (χ3n) is 3.96. The van der Waals surface area contributed by atoms with Gasteiger partial charge in [0.2, 0.25) is 0 Å². The highest BCUT2D eigenvalue weighted by Crippen LogP contribution is 2.22. The normalized spacial score (nSPS) is 11.0. The molecule has 2 heterocycles. The monoisotopic (exact) mass is 392 g/mol. The van der Waals surface area contributed by atoms with E-state index in [4.69, 9.17) is 0 Å². The van der Waals surface area contributed by atoms with Crippen molar-refractivity contribution in [2.45, 2.75) is 6.92 Å². The second kappa shape index (κ2) is 6.22. The lowest BCUT2D eigenvalue weighted by atomic mass is 10.1. The zero-order valence-corrected chi connectivity index (χ0v) is 14.9. The third-order valence-corrected chi connectivity index (χ3v) is 4.81. The molecular weight excluding hydrogens is 380 g/mol. The number of halogens is 1. The number of fused-ring (bicyclic) bond motifs is 1. The summed E-state index contributed by atoms with van der Waals surface area (Å²) in [6, 6.07) is 13.5. The largest absolute Gasteiger partial charge is 0.303 e. The molecule has 0 fully saturated rings. The molecule has 0 bridgehead atoms. The predicted octanol–water partition coefficient (Wildman–Crippen LogP) is 4.12. The number of nitrogens with one attached hydrogen (secondary N) is 1. The van der Waals surface area contributed by atoms with Crippen LogP contribution in [0.5, 0.6) is 0 Å². The van der Waals surface area contributed by atoms with Gasteiger partial charge >= 0.3 is 0 Å². The van der Waals surface area contributed by atoms with Gasteiger partial charge in [0.05, 0.1) is 10.9 Å². The lowest BCUT2D eigenvalue weighted by molar-refractivity contribution is 1.08. The van der Waals surface area contributed by atoms with Crippen LogP contribution in [0.1, 0.15) is 5.56 Å². The molecule has 0 saturated heterocycles. The minimum absolute atomic E-state index is 0.212. The topological polar surface area (TPSA) is 71.5 Å². The Hall–Kier alpha value is -2.86. The molecule has 0 aliphatic rings. The summed E-state index contributed by atoms with van der Waals surface area (Å²) in [5, 5.41) is 0.530. The van der Waals surface area contributed by atoms with E-state index in [9.17, 15) is 4.79 Å². The van der Waals surface area contributed by atoms with Gasteiger partial charge in [-0.1, -0.05) is 46.3 Å². The number of aromatic nitrogens is 4. The van der Waals surface area contributed by atoms with Crippen molar-refractivity contribution < 1.29 is 0 Å². The molecule has 2 aromatic heterocycles. The Morgan fingerprint density at radius 2 is 1.72 bits per heavy atom. The molecule has 4 aromatic rings. The maximum Gasteiger partial charge on any atom is 0.259 e. The second-order valence-corrected chi connectivity index (χ2v) is 6.55. The molecule has 6 heteroatoms. The van der Waals surface area contributed by atoms with Crippen molar-refractivity contribution >= 4 is 26.8 Å². The fraction of sp³-hybridized carbons (Fsp3) is 0.0526. The minimum atomic E-state index is -0.212. The Morgan fingerprint density at radius 1 is 1.00 bits per heavy atom. The van der Waals surface area contributed by atoms with Gasteiger partial charge in [0.15, 0.2) is 11.6 Å². The molecule has 0 aliphatic heterocycles. The van der Waals surface area contributed by atoms with Gasteiger partial charge in [0, 0.05) is 22.4 Å². The van der Waals surface area contributed by atoms with Gasteiger partial charge in [-0.25, -0.2) is 15.0 Å². The molecule has 0 saturated carbocycles. The van der Waals surface area contributed by atoms with Crippen molar-refractivity contribution in [3.63, 3.8) is 0 Å². The molecule has 0 radical (unpaired) electrons. The molecule has 0 atom stereocenters. The van der Waals surface area contributed by atoms with Crippen molar-refractivity contribution in [3.8, 4) is 22.8 Å². The maximum absolute atomic E-state index is 12.4. The molecular formula is C19H13BrN4O. The van der Waals surface area contributed by atoms with E-state index in [0.717, 1.165) is 21.2 Å². The SMILES string of the molecule is Cc1cc2nc(-c3ncc(-c4ccccc4)cn3)[nH]c(=O)c2cc1Br. The number of benzene rings is 2. The van der Waals surface area contributed by atoms with Crippen LogP contribution in [0.25, 0.3) is 33.7 Å². The highest BCUT2D eigenvalue weighted by Gasteiger charge is 2.10. The number of H-pyrrole nitrogens is 1. The van der Waals surface area contributed by atoms with Gasteiger partial charge < -0.3 is 4.98 Å². The van der Waals surface area contributed by atoms with Crippen LogP contribution in [0.3, 0.4) is 0 Å². The Labute approximate surface area is 151 Å². The molecule has 0 aliphatic carbocycles. The van der Waals surface area contributed by atoms with Crippen molar-refractivity contribution in [2.75, 3.05) is 0 Å². The lowest BCUT2D eigenvalue weighted by Crippen LogP contribution is -2.11. The quantitative estimate of drug-likeness (QED) is 0.556. The summed E-state index contributed by atoms with van der Waals surface area (Å²) >= 11 is 3.44. The summed E-state index contributed by atoms with van der Waals surface area (Å²) in [5.41, 5.74) is 3.37. The summed E-state index contributed by atoms with van der Waals surface area (Å²) in [5.74, 6) is 0.748. The second-order valence-electron chi connectivity index (χ2n) is 5.69. The van der Waals surface area contributed by atoms with Gasteiger partial charge in [-0.2, -0.15) is 0 Å². The number of aromatic amines is 1. The highest BCUT2D eigenvalue weighted by molar-refractivity contribution is 9.10. The number of hydrogen-bond acceptors (Lipinski definition) is 4. The average Bonchev–Trinajstić information content (AvgIpc) is 2.64. The number of nitrogens with zero attached hydrogens (tertiary/aromatic N) is 3. The van der Waals surface area contributed by atoms with Crippen LogP contribution in [0.15, 0.2) is 64.1 Å². The van der Waals surface area contributed by atoms with Gasteiger partial charge in [-0.15, -0.1) is 0 Å². The molecule has 1 N–H and O–H groups in total. The van der Waals surface area contributed by atoms with Crippen LogP contribution in [0.4, 0.5) is 0 Å². The van der Waals surface area contributed by atoms with Gasteiger partial charge in [0.1, 0.15) is 0 Å². The molecule has 25 heavy (non-hydrogen) atoms. The smallest absolute Gasteiger partial charge is 0.259 e. The summed E-state index contributed by atoms with van der Waals surface area (Å²) in [6.07, 6.45) is 3.46. The number of rotatable bonds is 2. The summed E-state index contributed by atoms with van der Waals surface area (Å²) in [7, 11) is 0. The summed E-state index contributed by atoms with van der Waals surface area (Å²) in [4.78, 5) is 28.3. The van der Waals surface area contributed by atoms with Crippen molar-refractivity contribution in [2.24, 2.45) is 0 Å². The van der Waals surface area contributed by atoms with Crippen molar-refractivity contribution in [1.29, 1.82) is 0 Å². The molecule has 0 spiro atoms. The first-order valence-electron chi connectivity index (χ1n) is 7.70. The van der Waals surface area contributed by atoms with Crippen molar-refractivity contribution in [1.82, 2.24) is 19.9 Å². The average molecular weight is 393 g/mol. The zero-order valence-electron chi connectivity index (χ0n) is 13.3. The van der Waals surface area contributed by atoms with E-state index < -0.39 is 0 Å². The van der Waals surface area contributed by atoms with E-state index in [1.54, 1.807) is 18.5 Å².